The third-order valence-corrected chi connectivity index (χ3v) is 3.47. The Labute approximate surface area is 123 Å². The average molecular weight is 274 g/mol. The van der Waals surface area contributed by atoms with Gasteiger partial charge in [-0.15, -0.1) is 0 Å². The summed E-state index contributed by atoms with van der Waals surface area (Å²) in [6, 6.07) is 10.0. The van der Waals surface area contributed by atoms with Crippen LogP contribution < -0.4 is 0 Å². The molecule has 0 unspecified atom stereocenters. The Bertz CT molecular complexity index is 819. The molecule has 21 heavy (non-hydrogen) atoms. The van der Waals surface area contributed by atoms with Gasteiger partial charge in [0, 0.05) is 36.6 Å². The first kappa shape index (κ1) is 13.2. The van der Waals surface area contributed by atoms with E-state index in [4.69, 9.17) is 0 Å². The van der Waals surface area contributed by atoms with Crippen LogP contribution in [0.5, 0.6) is 0 Å². The van der Waals surface area contributed by atoms with Crippen molar-refractivity contribution in [3.05, 3.63) is 73.3 Å². The smallest absolute Gasteiger partial charge is 0.159 e. The molecule has 2 aromatic heterocycles. The minimum Gasteiger partial charge on any atom is -0.295 e. The van der Waals surface area contributed by atoms with Crippen LogP contribution in [-0.2, 0) is 11.2 Å². The summed E-state index contributed by atoms with van der Waals surface area (Å²) in [5.41, 5.74) is 3.02. The van der Waals surface area contributed by atoms with Gasteiger partial charge >= 0.3 is 0 Å². The number of allylic oxidation sites excluding steroid dienone is 1. The van der Waals surface area contributed by atoms with Crippen LogP contribution in [0.15, 0.2) is 67.8 Å². The number of fused-ring (bicyclic) bond motifs is 1. The predicted molar refractivity (Wildman–Crippen MR) is 83.9 cm³/mol. The fraction of sp³-hybridized carbons (Fsp3) is 0.0556. The van der Waals surface area contributed by atoms with Gasteiger partial charge in [-0.1, -0.05) is 24.8 Å². The molecule has 3 nitrogen and oxygen atoms in total. The van der Waals surface area contributed by atoms with Gasteiger partial charge in [0.25, 0.3) is 0 Å². The summed E-state index contributed by atoms with van der Waals surface area (Å²) >= 11 is 0. The first-order valence-electron chi connectivity index (χ1n) is 6.71. The standard InChI is InChI=1S/C18H14N2O/c1-2-15(21)10-14-12-20-9-7-17(14)18-5-3-4-13-11-19-8-6-16(13)18/h2-9,11-12H,1,10H2. The normalized spacial score (nSPS) is 10.5. The van der Waals surface area contributed by atoms with Crippen molar-refractivity contribution in [1.82, 2.24) is 9.97 Å². The maximum absolute atomic E-state index is 11.7. The van der Waals surface area contributed by atoms with Crippen LogP contribution in [0.2, 0.25) is 0 Å². The van der Waals surface area contributed by atoms with Crippen molar-refractivity contribution >= 4 is 16.6 Å². The van der Waals surface area contributed by atoms with E-state index in [1.807, 2.05) is 30.5 Å². The van der Waals surface area contributed by atoms with Crippen LogP contribution in [0.25, 0.3) is 21.9 Å². The molecule has 102 valence electrons. The molecule has 3 rings (SSSR count). The van der Waals surface area contributed by atoms with E-state index in [0.29, 0.717) is 6.42 Å². The third-order valence-electron chi connectivity index (χ3n) is 3.47. The van der Waals surface area contributed by atoms with E-state index in [-0.39, 0.29) is 5.78 Å². The van der Waals surface area contributed by atoms with E-state index >= 15 is 0 Å². The van der Waals surface area contributed by atoms with Crippen LogP contribution in [0.4, 0.5) is 0 Å². The highest BCUT2D eigenvalue weighted by Crippen LogP contribution is 2.30. The summed E-state index contributed by atoms with van der Waals surface area (Å²) in [5, 5.41) is 2.19. The Balaban J connectivity index is 2.19. The number of benzene rings is 1. The predicted octanol–water partition coefficient (Wildman–Crippen LogP) is 3.59. The van der Waals surface area contributed by atoms with Gasteiger partial charge in [-0.2, -0.15) is 0 Å². The number of rotatable bonds is 4. The molecule has 0 radical (unpaired) electrons. The molecular formula is C18H14N2O. The largest absolute Gasteiger partial charge is 0.295 e. The lowest BCUT2D eigenvalue weighted by Crippen LogP contribution is -2.01. The van der Waals surface area contributed by atoms with Gasteiger partial charge in [-0.25, -0.2) is 0 Å². The molecular weight excluding hydrogens is 260 g/mol. The van der Waals surface area contributed by atoms with Crippen molar-refractivity contribution in [3.63, 3.8) is 0 Å². The van der Waals surface area contributed by atoms with Gasteiger partial charge in [0.2, 0.25) is 0 Å². The first-order chi connectivity index (χ1) is 10.3. The minimum atomic E-state index is -0.00819. The number of ketones is 1. The highest BCUT2D eigenvalue weighted by atomic mass is 16.1. The molecule has 0 N–H and O–H groups in total. The lowest BCUT2D eigenvalue weighted by molar-refractivity contribution is -0.114. The fourth-order valence-electron chi connectivity index (χ4n) is 2.45. The zero-order chi connectivity index (χ0) is 14.7. The van der Waals surface area contributed by atoms with Crippen LogP contribution in [0, 0.1) is 0 Å². The van der Waals surface area contributed by atoms with E-state index < -0.39 is 0 Å². The highest BCUT2D eigenvalue weighted by Gasteiger charge is 2.10. The second kappa shape index (κ2) is 5.67. The Morgan fingerprint density at radius 1 is 1.05 bits per heavy atom. The minimum absolute atomic E-state index is 0.00819. The van der Waals surface area contributed by atoms with Crippen LogP contribution in [0.3, 0.4) is 0 Å². The van der Waals surface area contributed by atoms with Crippen molar-refractivity contribution in [1.29, 1.82) is 0 Å². The topological polar surface area (TPSA) is 42.9 Å². The van der Waals surface area contributed by atoms with Gasteiger partial charge in [-0.05, 0) is 40.3 Å². The molecule has 0 aliphatic carbocycles. The van der Waals surface area contributed by atoms with Gasteiger partial charge in [0.1, 0.15) is 0 Å². The first-order valence-corrected chi connectivity index (χ1v) is 6.71. The van der Waals surface area contributed by atoms with E-state index in [1.165, 1.54) is 6.08 Å². The van der Waals surface area contributed by atoms with Crippen LogP contribution >= 0.6 is 0 Å². The van der Waals surface area contributed by atoms with E-state index in [2.05, 4.69) is 22.6 Å². The van der Waals surface area contributed by atoms with Crippen molar-refractivity contribution in [3.8, 4) is 11.1 Å². The van der Waals surface area contributed by atoms with Crippen molar-refractivity contribution in [2.45, 2.75) is 6.42 Å². The lowest BCUT2D eigenvalue weighted by Gasteiger charge is -2.10. The monoisotopic (exact) mass is 274 g/mol. The van der Waals surface area contributed by atoms with Gasteiger partial charge in [-0.3, -0.25) is 14.8 Å². The lowest BCUT2D eigenvalue weighted by atomic mass is 9.95. The number of hydrogen-bond acceptors (Lipinski definition) is 3. The number of hydrogen-bond donors (Lipinski definition) is 0. The molecule has 2 heterocycles. The number of aromatic nitrogens is 2. The third kappa shape index (κ3) is 2.58. The molecule has 0 fully saturated rings. The fourth-order valence-corrected chi connectivity index (χ4v) is 2.45. The van der Waals surface area contributed by atoms with Crippen LogP contribution in [0.1, 0.15) is 5.56 Å². The summed E-state index contributed by atoms with van der Waals surface area (Å²) in [6.07, 6.45) is 8.78. The second-order valence-electron chi connectivity index (χ2n) is 4.78. The molecule has 0 aliphatic heterocycles. The van der Waals surface area contributed by atoms with E-state index in [9.17, 15) is 4.79 Å². The highest BCUT2D eigenvalue weighted by molar-refractivity contribution is 5.98. The Kier molecular flexibility index (Phi) is 3.56. The van der Waals surface area contributed by atoms with Gasteiger partial charge < -0.3 is 0 Å². The molecule has 0 atom stereocenters. The van der Waals surface area contributed by atoms with Crippen molar-refractivity contribution in [2.75, 3.05) is 0 Å². The summed E-state index contributed by atoms with van der Waals surface area (Å²) in [7, 11) is 0. The molecule has 0 spiro atoms. The van der Waals surface area contributed by atoms with Crippen LogP contribution in [-0.4, -0.2) is 15.8 Å². The average Bonchev–Trinajstić information content (AvgIpc) is 2.55. The maximum atomic E-state index is 11.7. The van der Waals surface area contributed by atoms with Crippen molar-refractivity contribution in [2.24, 2.45) is 0 Å². The summed E-state index contributed by atoms with van der Waals surface area (Å²) in [6.45, 7) is 3.53. The second-order valence-corrected chi connectivity index (χ2v) is 4.78. The maximum Gasteiger partial charge on any atom is 0.159 e. The summed E-state index contributed by atoms with van der Waals surface area (Å²) < 4.78 is 0. The molecule has 0 bridgehead atoms. The van der Waals surface area contributed by atoms with E-state index in [0.717, 1.165) is 27.5 Å². The SMILES string of the molecule is C=CC(=O)Cc1cnccc1-c1cccc2cnccc12. The molecule has 0 saturated heterocycles. The number of pyridine rings is 2. The number of carbonyl (C=O) groups is 1. The Morgan fingerprint density at radius 2 is 1.86 bits per heavy atom. The summed E-state index contributed by atoms with van der Waals surface area (Å²) in [4.78, 5) is 20.0. The quantitative estimate of drug-likeness (QED) is 0.683. The zero-order valence-electron chi connectivity index (χ0n) is 11.5. The molecule has 0 saturated carbocycles. The molecule has 1 aromatic carbocycles. The molecule has 0 aliphatic rings. The Hall–Kier alpha value is -2.81. The van der Waals surface area contributed by atoms with Crippen molar-refractivity contribution < 1.29 is 4.79 Å². The number of nitrogens with zero attached hydrogens (tertiary/aromatic N) is 2. The molecule has 3 heteroatoms. The van der Waals surface area contributed by atoms with Gasteiger partial charge in [0.05, 0.1) is 0 Å². The molecule has 0 amide bonds. The summed E-state index contributed by atoms with van der Waals surface area (Å²) in [5.74, 6) is -0.00819. The number of carbonyl (C=O) groups excluding carboxylic acids is 1. The molecule has 3 aromatic rings. The Morgan fingerprint density at radius 3 is 2.71 bits per heavy atom. The zero-order valence-corrected chi connectivity index (χ0v) is 11.5. The van der Waals surface area contributed by atoms with E-state index in [1.54, 1.807) is 18.6 Å². The van der Waals surface area contributed by atoms with Gasteiger partial charge in [0.15, 0.2) is 5.78 Å².